The number of aliphatic hydroxyl groups excluding tert-OH is 1. The Labute approximate surface area is 116 Å². The van der Waals surface area contributed by atoms with E-state index in [2.05, 4.69) is 0 Å². The Hall–Kier alpha value is -1.06. The van der Waals surface area contributed by atoms with Crippen LogP contribution in [0.25, 0.3) is 0 Å². The van der Waals surface area contributed by atoms with Crippen LogP contribution < -0.4 is 0 Å². The molecule has 1 atom stereocenters. The van der Waals surface area contributed by atoms with Crippen molar-refractivity contribution in [3.05, 3.63) is 69.7 Å². The Morgan fingerprint density at radius 3 is 2.33 bits per heavy atom. The Morgan fingerprint density at radius 2 is 1.67 bits per heavy atom. The van der Waals surface area contributed by atoms with Gasteiger partial charge < -0.3 is 9.84 Å². The van der Waals surface area contributed by atoms with Gasteiger partial charge >= 0.3 is 0 Å². The van der Waals surface area contributed by atoms with Crippen molar-refractivity contribution in [3.8, 4) is 0 Å². The molecule has 0 aliphatic rings. The molecule has 1 unspecified atom stereocenters. The van der Waals surface area contributed by atoms with Crippen LogP contribution in [-0.4, -0.2) is 5.11 Å². The molecule has 0 fully saturated rings. The van der Waals surface area contributed by atoms with Crippen LogP contribution >= 0.6 is 23.2 Å². The van der Waals surface area contributed by atoms with Crippen molar-refractivity contribution < 1.29 is 9.84 Å². The van der Waals surface area contributed by atoms with Crippen LogP contribution in [0.1, 0.15) is 17.4 Å². The molecule has 0 saturated carbocycles. The first-order valence-corrected chi connectivity index (χ1v) is 6.20. The van der Waals surface area contributed by atoms with Gasteiger partial charge in [-0.15, -0.1) is 0 Å². The highest BCUT2D eigenvalue weighted by Gasteiger charge is 2.08. The molecule has 0 aliphatic heterocycles. The summed E-state index contributed by atoms with van der Waals surface area (Å²) in [5.41, 5.74) is 1.54. The summed E-state index contributed by atoms with van der Waals surface area (Å²) >= 11 is 11.7. The average molecular weight is 283 g/mol. The van der Waals surface area contributed by atoms with Gasteiger partial charge in [0.15, 0.2) is 6.29 Å². The lowest BCUT2D eigenvalue weighted by Gasteiger charge is -2.12. The molecule has 0 saturated heterocycles. The van der Waals surface area contributed by atoms with Gasteiger partial charge in [-0.25, -0.2) is 0 Å². The fourth-order valence-electron chi connectivity index (χ4n) is 1.56. The number of hydrogen-bond acceptors (Lipinski definition) is 2. The molecule has 2 aromatic carbocycles. The first kappa shape index (κ1) is 13.4. The zero-order valence-corrected chi connectivity index (χ0v) is 11.0. The maximum atomic E-state index is 9.86. The summed E-state index contributed by atoms with van der Waals surface area (Å²) in [6, 6.07) is 14.3. The third-order valence-electron chi connectivity index (χ3n) is 2.43. The van der Waals surface area contributed by atoms with E-state index in [1.807, 2.05) is 12.1 Å². The molecule has 1 N–H and O–H groups in total. The van der Waals surface area contributed by atoms with Crippen molar-refractivity contribution in [3.63, 3.8) is 0 Å². The molecule has 18 heavy (non-hydrogen) atoms. The van der Waals surface area contributed by atoms with Crippen molar-refractivity contribution in [2.24, 2.45) is 0 Å². The topological polar surface area (TPSA) is 29.5 Å². The molecule has 2 rings (SSSR count). The summed E-state index contributed by atoms with van der Waals surface area (Å²) < 4.78 is 5.36. The van der Waals surface area contributed by atoms with Crippen molar-refractivity contribution in [1.29, 1.82) is 0 Å². The molecular formula is C14H12Cl2O2. The SMILES string of the molecule is OC(OCc1cccc(Cl)c1)c1cccc(Cl)c1. The molecule has 0 aromatic heterocycles. The minimum Gasteiger partial charge on any atom is -0.364 e. The molecule has 0 amide bonds. The van der Waals surface area contributed by atoms with Gasteiger partial charge in [-0.05, 0) is 29.8 Å². The molecule has 0 aliphatic carbocycles. The smallest absolute Gasteiger partial charge is 0.181 e. The summed E-state index contributed by atoms with van der Waals surface area (Å²) in [6.07, 6.45) is -0.998. The van der Waals surface area contributed by atoms with E-state index in [4.69, 9.17) is 27.9 Å². The van der Waals surface area contributed by atoms with Crippen LogP contribution in [0, 0.1) is 0 Å². The van der Waals surface area contributed by atoms with E-state index in [1.54, 1.807) is 36.4 Å². The number of aliphatic hydroxyl groups is 1. The van der Waals surface area contributed by atoms with Gasteiger partial charge in [-0.1, -0.05) is 47.5 Å². The monoisotopic (exact) mass is 282 g/mol. The largest absolute Gasteiger partial charge is 0.364 e. The maximum Gasteiger partial charge on any atom is 0.181 e. The molecule has 4 heteroatoms. The number of benzene rings is 2. The van der Waals surface area contributed by atoms with Crippen LogP contribution in [0.5, 0.6) is 0 Å². The standard InChI is InChI=1S/C14H12Cl2O2/c15-12-5-1-3-10(7-12)9-18-14(17)11-4-2-6-13(16)8-11/h1-8,14,17H,9H2. The number of rotatable bonds is 4. The van der Waals surface area contributed by atoms with Gasteiger partial charge in [-0.2, -0.15) is 0 Å². The second kappa shape index (κ2) is 6.21. The summed E-state index contributed by atoms with van der Waals surface area (Å²) in [4.78, 5) is 0. The molecule has 0 heterocycles. The van der Waals surface area contributed by atoms with E-state index in [0.717, 1.165) is 5.56 Å². The fourth-order valence-corrected chi connectivity index (χ4v) is 1.97. The fraction of sp³-hybridized carbons (Fsp3) is 0.143. The van der Waals surface area contributed by atoms with Crippen LogP contribution in [0.3, 0.4) is 0 Å². The lowest BCUT2D eigenvalue weighted by atomic mass is 10.2. The quantitative estimate of drug-likeness (QED) is 0.852. The Balaban J connectivity index is 1.98. The van der Waals surface area contributed by atoms with Gasteiger partial charge in [0.2, 0.25) is 0 Å². The number of hydrogen-bond donors (Lipinski definition) is 1. The second-order valence-electron chi connectivity index (χ2n) is 3.85. The highest BCUT2D eigenvalue weighted by atomic mass is 35.5. The lowest BCUT2D eigenvalue weighted by molar-refractivity contribution is -0.111. The molecule has 2 nitrogen and oxygen atoms in total. The van der Waals surface area contributed by atoms with Gasteiger partial charge in [0.05, 0.1) is 6.61 Å². The van der Waals surface area contributed by atoms with E-state index < -0.39 is 6.29 Å². The summed E-state index contributed by atoms with van der Waals surface area (Å²) in [6.45, 7) is 0.286. The Kier molecular flexibility index (Phi) is 4.61. The normalized spacial score (nSPS) is 12.4. The Bertz CT molecular complexity index is 529. The lowest BCUT2D eigenvalue weighted by Crippen LogP contribution is -2.03. The molecule has 0 bridgehead atoms. The van der Waals surface area contributed by atoms with E-state index >= 15 is 0 Å². The average Bonchev–Trinajstić information content (AvgIpc) is 2.36. The van der Waals surface area contributed by atoms with Crippen molar-refractivity contribution in [2.45, 2.75) is 12.9 Å². The van der Waals surface area contributed by atoms with Crippen molar-refractivity contribution >= 4 is 23.2 Å². The number of ether oxygens (including phenoxy) is 1. The predicted molar refractivity (Wildman–Crippen MR) is 72.7 cm³/mol. The molecule has 94 valence electrons. The third kappa shape index (κ3) is 3.72. The van der Waals surface area contributed by atoms with E-state index in [1.165, 1.54) is 0 Å². The first-order chi connectivity index (χ1) is 8.65. The highest BCUT2D eigenvalue weighted by molar-refractivity contribution is 6.30. The van der Waals surface area contributed by atoms with Crippen LogP contribution in [0.15, 0.2) is 48.5 Å². The molecule has 0 radical (unpaired) electrons. The van der Waals surface area contributed by atoms with Crippen molar-refractivity contribution in [1.82, 2.24) is 0 Å². The van der Waals surface area contributed by atoms with Gasteiger partial charge in [0.1, 0.15) is 0 Å². The van der Waals surface area contributed by atoms with Crippen LogP contribution in [0.4, 0.5) is 0 Å². The van der Waals surface area contributed by atoms with E-state index in [9.17, 15) is 5.11 Å². The van der Waals surface area contributed by atoms with Gasteiger partial charge in [0.25, 0.3) is 0 Å². The maximum absolute atomic E-state index is 9.86. The minimum absolute atomic E-state index is 0.286. The molecular weight excluding hydrogens is 271 g/mol. The zero-order chi connectivity index (χ0) is 13.0. The van der Waals surface area contributed by atoms with Crippen molar-refractivity contribution in [2.75, 3.05) is 0 Å². The molecule has 2 aromatic rings. The van der Waals surface area contributed by atoms with Crippen LogP contribution in [-0.2, 0) is 11.3 Å². The van der Waals surface area contributed by atoms with E-state index in [0.29, 0.717) is 15.6 Å². The van der Waals surface area contributed by atoms with Gasteiger partial charge in [-0.3, -0.25) is 0 Å². The minimum atomic E-state index is -0.998. The predicted octanol–water partition coefficient (Wildman–Crippen LogP) is 4.20. The zero-order valence-electron chi connectivity index (χ0n) is 9.51. The summed E-state index contributed by atoms with van der Waals surface area (Å²) in [7, 11) is 0. The summed E-state index contributed by atoms with van der Waals surface area (Å²) in [5, 5.41) is 11.1. The third-order valence-corrected chi connectivity index (χ3v) is 2.90. The highest BCUT2D eigenvalue weighted by Crippen LogP contribution is 2.20. The van der Waals surface area contributed by atoms with Gasteiger partial charge in [0, 0.05) is 15.6 Å². The number of halogens is 2. The van der Waals surface area contributed by atoms with Crippen LogP contribution in [0.2, 0.25) is 10.0 Å². The Morgan fingerprint density at radius 1 is 1.00 bits per heavy atom. The second-order valence-corrected chi connectivity index (χ2v) is 4.72. The van der Waals surface area contributed by atoms with E-state index in [-0.39, 0.29) is 6.61 Å². The first-order valence-electron chi connectivity index (χ1n) is 5.45. The molecule has 0 spiro atoms. The summed E-state index contributed by atoms with van der Waals surface area (Å²) in [5.74, 6) is 0.